The summed E-state index contributed by atoms with van der Waals surface area (Å²) in [5.41, 5.74) is 2.37. The minimum Gasteiger partial charge on any atom is -0.384 e. The van der Waals surface area contributed by atoms with E-state index >= 15 is 0 Å². The maximum atomic E-state index is 12.2. The van der Waals surface area contributed by atoms with Crippen molar-refractivity contribution < 1.29 is 4.79 Å². The number of hydrogen-bond acceptors (Lipinski definition) is 3. The van der Waals surface area contributed by atoms with Gasteiger partial charge in [-0.2, -0.15) is 0 Å². The Labute approximate surface area is 124 Å². The van der Waals surface area contributed by atoms with Crippen molar-refractivity contribution in [2.45, 2.75) is 19.3 Å². The minimum absolute atomic E-state index is 0.0171. The summed E-state index contributed by atoms with van der Waals surface area (Å²) in [4.78, 5) is 19.4. The number of aryl methyl sites for hydroxylation is 1. The smallest absolute Gasteiger partial charge is 0.225 e. The second kappa shape index (κ2) is 6.43. The Bertz CT molecular complexity index is 594. The number of hydrogen-bond donors (Lipinski definition) is 3. The van der Waals surface area contributed by atoms with Gasteiger partial charge in [0.15, 0.2) is 0 Å². The van der Waals surface area contributed by atoms with Gasteiger partial charge in [0, 0.05) is 37.6 Å². The molecule has 110 valence electrons. The van der Waals surface area contributed by atoms with Gasteiger partial charge in [-0.05, 0) is 24.5 Å². The third-order valence-corrected chi connectivity index (χ3v) is 3.84. The highest BCUT2D eigenvalue weighted by atomic mass is 16.1. The molecule has 0 bridgehead atoms. The van der Waals surface area contributed by atoms with E-state index in [-0.39, 0.29) is 11.8 Å². The number of nitrogens with zero attached hydrogens (tertiary/aromatic N) is 1. The first kappa shape index (κ1) is 13.7. The van der Waals surface area contributed by atoms with Crippen LogP contribution in [0.1, 0.15) is 17.8 Å². The van der Waals surface area contributed by atoms with Crippen LogP contribution in [0.5, 0.6) is 0 Å². The second-order valence-electron chi connectivity index (χ2n) is 5.37. The fourth-order valence-electron chi connectivity index (χ4n) is 2.67. The number of H-pyrrole nitrogens is 1. The quantitative estimate of drug-likeness (QED) is 0.733. The third-order valence-electron chi connectivity index (χ3n) is 3.84. The van der Waals surface area contributed by atoms with Crippen molar-refractivity contribution in [1.82, 2.24) is 15.3 Å². The van der Waals surface area contributed by atoms with Crippen molar-refractivity contribution in [3.05, 3.63) is 48.0 Å². The summed E-state index contributed by atoms with van der Waals surface area (Å²) >= 11 is 0. The normalized spacial score (nSPS) is 16.9. The molecule has 21 heavy (non-hydrogen) atoms. The van der Waals surface area contributed by atoms with Crippen molar-refractivity contribution in [3.8, 4) is 0 Å². The van der Waals surface area contributed by atoms with Crippen molar-refractivity contribution >= 4 is 11.6 Å². The number of amides is 1. The van der Waals surface area contributed by atoms with Gasteiger partial charge in [-0.25, -0.2) is 4.98 Å². The highest BCUT2D eigenvalue weighted by molar-refractivity contribution is 5.80. The van der Waals surface area contributed by atoms with Crippen molar-refractivity contribution in [1.29, 1.82) is 0 Å². The number of imidazole rings is 1. The van der Waals surface area contributed by atoms with Crippen molar-refractivity contribution in [2.24, 2.45) is 5.92 Å². The lowest BCUT2D eigenvalue weighted by atomic mass is 9.93. The average molecular weight is 284 g/mol. The highest BCUT2D eigenvalue weighted by Gasteiger charge is 2.23. The summed E-state index contributed by atoms with van der Waals surface area (Å²) in [6.07, 6.45) is 6.14. The zero-order valence-corrected chi connectivity index (χ0v) is 11.9. The Hall–Kier alpha value is -2.30. The number of anilines is 1. The van der Waals surface area contributed by atoms with Crippen LogP contribution in [-0.4, -0.2) is 29.0 Å². The van der Waals surface area contributed by atoms with E-state index in [0.717, 1.165) is 30.8 Å². The summed E-state index contributed by atoms with van der Waals surface area (Å²) in [5, 5.41) is 6.36. The highest BCUT2D eigenvalue weighted by Crippen LogP contribution is 2.24. The van der Waals surface area contributed by atoms with Gasteiger partial charge in [0.2, 0.25) is 5.91 Å². The molecule has 0 saturated carbocycles. The number of fused-ring (bicyclic) bond motifs is 1. The van der Waals surface area contributed by atoms with E-state index in [1.807, 2.05) is 18.3 Å². The predicted octanol–water partition coefficient (Wildman–Crippen LogP) is 1.74. The molecule has 1 aliphatic heterocycles. The Kier molecular flexibility index (Phi) is 4.19. The second-order valence-corrected chi connectivity index (χ2v) is 5.37. The Morgan fingerprint density at radius 2 is 2.29 bits per heavy atom. The number of para-hydroxylation sites is 1. The van der Waals surface area contributed by atoms with Crippen molar-refractivity contribution in [2.75, 3.05) is 18.4 Å². The van der Waals surface area contributed by atoms with Gasteiger partial charge in [0.05, 0.1) is 5.92 Å². The molecule has 1 aromatic carbocycles. The van der Waals surface area contributed by atoms with Gasteiger partial charge in [0.25, 0.3) is 0 Å². The zero-order chi connectivity index (χ0) is 14.5. The molecular formula is C16H20N4O. The number of benzene rings is 1. The summed E-state index contributed by atoms with van der Waals surface area (Å²) in [6, 6.07) is 8.18. The maximum Gasteiger partial charge on any atom is 0.225 e. The largest absolute Gasteiger partial charge is 0.384 e. The number of aromatic amines is 1. The standard InChI is InChI=1S/C16H20N4O/c21-16(19-7-3-6-15-17-8-9-18-15)13-10-12-4-1-2-5-14(12)20-11-13/h1-2,4-5,8-9,13,20H,3,6-7,10-11H2,(H,17,18)(H,19,21). The van der Waals surface area contributed by atoms with E-state index in [1.54, 1.807) is 6.20 Å². The Morgan fingerprint density at radius 1 is 1.38 bits per heavy atom. The summed E-state index contributed by atoms with van der Waals surface area (Å²) in [5.74, 6) is 1.12. The van der Waals surface area contributed by atoms with Gasteiger partial charge >= 0.3 is 0 Å². The first-order valence-corrected chi connectivity index (χ1v) is 7.40. The van der Waals surface area contributed by atoms with E-state index in [9.17, 15) is 4.79 Å². The lowest BCUT2D eigenvalue weighted by molar-refractivity contribution is -0.124. The molecule has 0 saturated heterocycles. The predicted molar refractivity (Wildman–Crippen MR) is 82.0 cm³/mol. The van der Waals surface area contributed by atoms with Gasteiger partial charge in [-0.1, -0.05) is 18.2 Å². The van der Waals surface area contributed by atoms with E-state index < -0.39 is 0 Å². The van der Waals surface area contributed by atoms with Gasteiger partial charge in [-0.3, -0.25) is 4.79 Å². The minimum atomic E-state index is 0.0171. The summed E-state index contributed by atoms with van der Waals surface area (Å²) < 4.78 is 0. The molecule has 0 spiro atoms. The first-order chi connectivity index (χ1) is 10.3. The van der Waals surface area contributed by atoms with E-state index in [1.165, 1.54) is 5.56 Å². The molecule has 1 atom stereocenters. The van der Waals surface area contributed by atoms with Crippen LogP contribution in [0.15, 0.2) is 36.7 Å². The zero-order valence-electron chi connectivity index (χ0n) is 11.9. The number of aromatic nitrogens is 2. The molecule has 5 nitrogen and oxygen atoms in total. The van der Waals surface area contributed by atoms with Crippen LogP contribution >= 0.6 is 0 Å². The average Bonchev–Trinajstić information content (AvgIpc) is 3.04. The van der Waals surface area contributed by atoms with Crippen molar-refractivity contribution in [3.63, 3.8) is 0 Å². The van der Waals surface area contributed by atoms with E-state index in [2.05, 4.69) is 32.7 Å². The molecule has 3 N–H and O–H groups in total. The molecule has 2 aromatic rings. The fraction of sp³-hybridized carbons (Fsp3) is 0.375. The molecule has 2 heterocycles. The van der Waals surface area contributed by atoms with Crippen LogP contribution in [0.2, 0.25) is 0 Å². The van der Waals surface area contributed by atoms with Gasteiger partial charge in [0.1, 0.15) is 5.82 Å². The Balaban J connectivity index is 1.44. The molecule has 5 heteroatoms. The van der Waals surface area contributed by atoms with Crippen LogP contribution in [0.4, 0.5) is 5.69 Å². The van der Waals surface area contributed by atoms with Crippen LogP contribution in [0.3, 0.4) is 0 Å². The van der Waals surface area contributed by atoms with E-state index in [4.69, 9.17) is 0 Å². The molecular weight excluding hydrogens is 264 g/mol. The third kappa shape index (κ3) is 3.42. The molecule has 0 radical (unpaired) electrons. The summed E-state index contributed by atoms with van der Waals surface area (Å²) in [7, 11) is 0. The van der Waals surface area contributed by atoms with Gasteiger partial charge < -0.3 is 15.6 Å². The van der Waals surface area contributed by atoms with Crippen LogP contribution in [-0.2, 0) is 17.6 Å². The first-order valence-electron chi connectivity index (χ1n) is 7.40. The van der Waals surface area contributed by atoms with Crippen LogP contribution < -0.4 is 10.6 Å². The topological polar surface area (TPSA) is 69.8 Å². The number of carbonyl (C=O) groups is 1. The number of nitrogens with one attached hydrogen (secondary N) is 3. The fourth-order valence-corrected chi connectivity index (χ4v) is 2.67. The molecule has 1 aliphatic rings. The molecule has 0 aliphatic carbocycles. The molecule has 1 amide bonds. The lowest BCUT2D eigenvalue weighted by Crippen LogP contribution is -2.38. The molecule has 1 unspecified atom stereocenters. The monoisotopic (exact) mass is 284 g/mol. The number of rotatable bonds is 5. The lowest BCUT2D eigenvalue weighted by Gasteiger charge is -2.25. The summed E-state index contributed by atoms with van der Waals surface area (Å²) in [6.45, 7) is 1.40. The van der Waals surface area contributed by atoms with Crippen LogP contribution in [0, 0.1) is 5.92 Å². The molecule has 1 aromatic heterocycles. The SMILES string of the molecule is O=C(NCCCc1ncc[nH]1)C1CNc2ccccc2C1. The Morgan fingerprint density at radius 3 is 3.14 bits per heavy atom. The molecule has 3 rings (SSSR count). The number of carbonyl (C=O) groups excluding carboxylic acids is 1. The van der Waals surface area contributed by atoms with E-state index in [0.29, 0.717) is 13.1 Å². The maximum absolute atomic E-state index is 12.2. The van der Waals surface area contributed by atoms with Gasteiger partial charge in [-0.15, -0.1) is 0 Å². The molecule has 0 fully saturated rings. The van der Waals surface area contributed by atoms with Crippen LogP contribution in [0.25, 0.3) is 0 Å².